The molecule has 6 heteroatoms. The van der Waals surface area contributed by atoms with Crippen LogP contribution in [0.2, 0.25) is 0 Å². The third kappa shape index (κ3) is 4.04. The smallest absolute Gasteiger partial charge is 0.196 e. The molecule has 0 aliphatic heterocycles. The highest BCUT2D eigenvalue weighted by molar-refractivity contribution is 7.98. The number of methoxy groups -OCH3 is 2. The maximum absolute atomic E-state index is 5.48. The molecule has 0 spiro atoms. The molecular formula is C24H23N3O2S. The summed E-state index contributed by atoms with van der Waals surface area (Å²) >= 11 is 1.68. The number of nitrogens with zero attached hydrogens (tertiary/aromatic N) is 3. The Labute approximate surface area is 180 Å². The highest BCUT2D eigenvalue weighted by Gasteiger charge is 2.18. The van der Waals surface area contributed by atoms with Crippen molar-refractivity contribution >= 4 is 11.8 Å². The summed E-state index contributed by atoms with van der Waals surface area (Å²) in [6.45, 7) is 2.13. The Bertz CT molecular complexity index is 1140. The van der Waals surface area contributed by atoms with Gasteiger partial charge in [0.15, 0.2) is 22.5 Å². The standard InChI is InChI=1S/C24H23N3O2S/c1-17-9-7-8-10-19(17)16-30-24-26-25-23(27(24)20-11-5-4-6-12-20)18-13-14-21(28-2)22(15-18)29-3/h4-15H,16H2,1-3H3. The lowest BCUT2D eigenvalue weighted by molar-refractivity contribution is 0.355. The van der Waals surface area contributed by atoms with Crippen molar-refractivity contribution in [2.24, 2.45) is 0 Å². The first-order valence-electron chi connectivity index (χ1n) is 9.62. The maximum atomic E-state index is 5.48. The molecule has 4 aromatic rings. The molecule has 0 saturated carbocycles. The van der Waals surface area contributed by atoms with Gasteiger partial charge in [0.25, 0.3) is 0 Å². The third-order valence-electron chi connectivity index (χ3n) is 4.91. The van der Waals surface area contributed by atoms with Gasteiger partial charge in [0.05, 0.1) is 14.2 Å². The minimum absolute atomic E-state index is 0.659. The Balaban J connectivity index is 1.76. The van der Waals surface area contributed by atoms with E-state index >= 15 is 0 Å². The fourth-order valence-corrected chi connectivity index (χ4v) is 4.28. The van der Waals surface area contributed by atoms with Crippen molar-refractivity contribution in [2.45, 2.75) is 17.8 Å². The zero-order valence-electron chi connectivity index (χ0n) is 17.2. The van der Waals surface area contributed by atoms with Crippen LogP contribution in [0.1, 0.15) is 11.1 Å². The number of aromatic nitrogens is 3. The van der Waals surface area contributed by atoms with Crippen LogP contribution >= 0.6 is 11.8 Å². The molecule has 0 aliphatic carbocycles. The van der Waals surface area contributed by atoms with Crippen molar-refractivity contribution in [1.29, 1.82) is 0 Å². The van der Waals surface area contributed by atoms with Crippen LogP contribution in [0, 0.1) is 6.92 Å². The Morgan fingerprint density at radius 3 is 2.30 bits per heavy atom. The summed E-state index contributed by atoms with van der Waals surface area (Å²) in [5, 5.41) is 9.88. The molecule has 0 saturated heterocycles. The second-order valence-electron chi connectivity index (χ2n) is 6.76. The van der Waals surface area contributed by atoms with Crippen molar-refractivity contribution in [3.63, 3.8) is 0 Å². The lowest BCUT2D eigenvalue weighted by Crippen LogP contribution is -2.00. The lowest BCUT2D eigenvalue weighted by Gasteiger charge is -2.12. The summed E-state index contributed by atoms with van der Waals surface area (Å²) in [6, 6.07) is 24.4. The molecule has 0 unspecified atom stereocenters. The van der Waals surface area contributed by atoms with Crippen LogP contribution in [0.25, 0.3) is 17.1 Å². The van der Waals surface area contributed by atoms with Crippen LogP contribution in [0.3, 0.4) is 0 Å². The highest BCUT2D eigenvalue weighted by Crippen LogP contribution is 2.35. The van der Waals surface area contributed by atoms with Crippen LogP contribution in [0.15, 0.2) is 78.0 Å². The van der Waals surface area contributed by atoms with Crippen LogP contribution in [0.5, 0.6) is 11.5 Å². The second-order valence-corrected chi connectivity index (χ2v) is 7.70. The van der Waals surface area contributed by atoms with Gasteiger partial charge in [-0.2, -0.15) is 0 Å². The number of para-hydroxylation sites is 1. The van der Waals surface area contributed by atoms with Gasteiger partial charge in [0.2, 0.25) is 0 Å². The first-order chi connectivity index (χ1) is 14.7. The summed E-state index contributed by atoms with van der Waals surface area (Å²) in [4.78, 5) is 0. The van der Waals surface area contributed by atoms with E-state index in [0.717, 1.165) is 28.0 Å². The first kappa shape index (κ1) is 20.0. The van der Waals surface area contributed by atoms with E-state index < -0.39 is 0 Å². The minimum atomic E-state index is 0.659. The molecule has 1 aromatic heterocycles. The molecule has 0 N–H and O–H groups in total. The van der Waals surface area contributed by atoms with Gasteiger partial charge in [0.1, 0.15) is 0 Å². The van der Waals surface area contributed by atoms with Gasteiger partial charge in [-0.05, 0) is 48.4 Å². The monoisotopic (exact) mass is 417 g/mol. The quantitative estimate of drug-likeness (QED) is 0.369. The van der Waals surface area contributed by atoms with Gasteiger partial charge < -0.3 is 9.47 Å². The molecule has 0 aliphatic rings. The number of benzene rings is 3. The van der Waals surface area contributed by atoms with E-state index in [4.69, 9.17) is 9.47 Å². The largest absolute Gasteiger partial charge is 0.493 e. The fraction of sp³-hybridized carbons (Fsp3) is 0.167. The molecule has 1 heterocycles. The Morgan fingerprint density at radius 2 is 1.57 bits per heavy atom. The van der Waals surface area contributed by atoms with E-state index in [1.165, 1.54) is 11.1 Å². The number of hydrogen-bond donors (Lipinski definition) is 0. The number of hydrogen-bond acceptors (Lipinski definition) is 5. The maximum Gasteiger partial charge on any atom is 0.196 e. The van der Waals surface area contributed by atoms with E-state index in [1.54, 1.807) is 26.0 Å². The molecule has 30 heavy (non-hydrogen) atoms. The van der Waals surface area contributed by atoms with Gasteiger partial charge >= 0.3 is 0 Å². The number of thioether (sulfide) groups is 1. The highest BCUT2D eigenvalue weighted by atomic mass is 32.2. The third-order valence-corrected chi connectivity index (χ3v) is 5.89. The molecule has 3 aromatic carbocycles. The average molecular weight is 418 g/mol. The van der Waals surface area contributed by atoms with Gasteiger partial charge in [-0.25, -0.2) is 0 Å². The zero-order chi connectivity index (χ0) is 20.9. The Kier molecular flexibility index (Phi) is 6.05. The van der Waals surface area contributed by atoms with Crippen molar-refractivity contribution in [2.75, 3.05) is 14.2 Å². The van der Waals surface area contributed by atoms with E-state index in [-0.39, 0.29) is 0 Å². The molecule has 0 radical (unpaired) electrons. The summed E-state index contributed by atoms with van der Waals surface area (Å²) in [6.07, 6.45) is 0. The minimum Gasteiger partial charge on any atom is -0.493 e. The molecule has 0 amide bonds. The Morgan fingerprint density at radius 1 is 0.833 bits per heavy atom. The van der Waals surface area contributed by atoms with Gasteiger partial charge in [-0.3, -0.25) is 4.57 Å². The summed E-state index contributed by atoms with van der Waals surface area (Å²) in [7, 11) is 3.26. The van der Waals surface area contributed by atoms with Crippen molar-refractivity contribution in [3.05, 3.63) is 83.9 Å². The number of rotatable bonds is 7. The molecule has 0 fully saturated rings. The molecule has 5 nitrogen and oxygen atoms in total. The normalized spacial score (nSPS) is 10.8. The fourth-order valence-electron chi connectivity index (χ4n) is 3.25. The van der Waals surface area contributed by atoms with Gasteiger partial charge in [-0.1, -0.05) is 54.2 Å². The molecular weight excluding hydrogens is 394 g/mol. The van der Waals surface area contributed by atoms with Crippen molar-refractivity contribution < 1.29 is 9.47 Å². The van der Waals surface area contributed by atoms with E-state index in [1.807, 2.05) is 36.4 Å². The van der Waals surface area contributed by atoms with Gasteiger partial charge in [-0.15, -0.1) is 10.2 Å². The molecule has 0 bridgehead atoms. The predicted octanol–water partition coefficient (Wildman–Crippen LogP) is 5.55. The first-order valence-corrected chi connectivity index (χ1v) is 10.6. The van der Waals surface area contributed by atoms with Crippen LogP contribution in [0.4, 0.5) is 0 Å². The summed E-state index contributed by atoms with van der Waals surface area (Å²) in [5.41, 5.74) is 4.49. The topological polar surface area (TPSA) is 49.2 Å². The zero-order valence-corrected chi connectivity index (χ0v) is 18.0. The van der Waals surface area contributed by atoms with Crippen LogP contribution < -0.4 is 9.47 Å². The van der Waals surface area contributed by atoms with Crippen LogP contribution in [-0.2, 0) is 5.75 Å². The van der Waals surface area contributed by atoms with Crippen molar-refractivity contribution in [1.82, 2.24) is 14.8 Å². The SMILES string of the molecule is COc1ccc(-c2nnc(SCc3ccccc3C)n2-c2ccccc2)cc1OC. The summed E-state index contributed by atoms with van der Waals surface area (Å²) < 4.78 is 12.9. The molecule has 152 valence electrons. The van der Waals surface area contributed by atoms with E-state index in [0.29, 0.717) is 11.5 Å². The van der Waals surface area contributed by atoms with Crippen molar-refractivity contribution in [3.8, 4) is 28.6 Å². The second kappa shape index (κ2) is 9.05. The summed E-state index contributed by atoms with van der Waals surface area (Å²) in [5.74, 6) is 2.92. The average Bonchev–Trinajstić information content (AvgIpc) is 3.22. The van der Waals surface area contributed by atoms with Crippen LogP contribution in [-0.4, -0.2) is 29.0 Å². The number of ether oxygens (including phenoxy) is 2. The van der Waals surface area contributed by atoms with Gasteiger partial charge in [0, 0.05) is 17.0 Å². The molecule has 0 atom stereocenters. The van der Waals surface area contributed by atoms with E-state index in [9.17, 15) is 0 Å². The van der Waals surface area contributed by atoms with E-state index in [2.05, 4.69) is 58.1 Å². The molecule has 4 rings (SSSR count). The Hall–Kier alpha value is -3.25. The predicted molar refractivity (Wildman–Crippen MR) is 121 cm³/mol. The number of aryl methyl sites for hydroxylation is 1. The lowest BCUT2D eigenvalue weighted by atomic mass is 10.1.